The summed E-state index contributed by atoms with van der Waals surface area (Å²) in [5.41, 5.74) is 1.96. The van der Waals surface area contributed by atoms with Crippen LogP contribution in [0.5, 0.6) is 0 Å². The molecule has 5 heteroatoms. The fourth-order valence-corrected chi connectivity index (χ4v) is 1.73. The first-order valence-corrected chi connectivity index (χ1v) is 5.71. The van der Waals surface area contributed by atoms with Crippen molar-refractivity contribution in [2.24, 2.45) is 0 Å². The molecule has 1 unspecified atom stereocenters. The van der Waals surface area contributed by atoms with Crippen LogP contribution in [0.2, 0.25) is 5.02 Å². The van der Waals surface area contributed by atoms with Crippen molar-refractivity contribution >= 4 is 11.6 Å². The molecule has 0 aliphatic heterocycles. The summed E-state index contributed by atoms with van der Waals surface area (Å²) in [6.45, 7) is 2.68. The maximum absolute atomic E-state index is 13.0. The Labute approximate surface area is 104 Å². The quantitative estimate of drug-likeness (QED) is 0.879. The van der Waals surface area contributed by atoms with E-state index in [4.69, 9.17) is 11.6 Å². The first-order chi connectivity index (χ1) is 8.16. The largest absolute Gasteiger partial charge is 0.305 e. The predicted molar refractivity (Wildman–Crippen MR) is 65.3 cm³/mol. The Hall–Kier alpha value is -1.39. The van der Waals surface area contributed by atoms with Crippen LogP contribution in [0.3, 0.4) is 0 Å². The molecule has 0 bridgehead atoms. The Bertz CT molecular complexity index is 485. The number of rotatable bonds is 4. The van der Waals surface area contributed by atoms with Crippen molar-refractivity contribution in [3.8, 4) is 0 Å². The lowest BCUT2D eigenvalue weighted by molar-refractivity contribution is 0.564. The number of hydrogen-bond acceptors (Lipinski definition) is 2. The molecule has 0 aliphatic rings. The molecule has 2 rings (SSSR count). The van der Waals surface area contributed by atoms with Crippen LogP contribution in [-0.4, -0.2) is 10.2 Å². The first kappa shape index (κ1) is 12.1. The van der Waals surface area contributed by atoms with Crippen LogP contribution in [0.15, 0.2) is 30.5 Å². The second-order valence-electron chi connectivity index (χ2n) is 3.86. The van der Waals surface area contributed by atoms with Crippen LogP contribution in [0.4, 0.5) is 4.39 Å². The predicted octanol–water partition coefficient (Wildman–Crippen LogP) is 3.05. The third-order valence-corrected chi connectivity index (χ3v) is 2.89. The van der Waals surface area contributed by atoms with E-state index in [2.05, 4.69) is 15.5 Å². The van der Waals surface area contributed by atoms with Gasteiger partial charge in [-0.1, -0.05) is 17.7 Å². The fourth-order valence-electron chi connectivity index (χ4n) is 1.55. The molecule has 1 heterocycles. The van der Waals surface area contributed by atoms with Crippen LogP contribution in [0, 0.1) is 5.82 Å². The highest BCUT2D eigenvalue weighted by Crippen LogP contribution is 2.20. The van der Waals surface area contributed by atoms with Gasteiger partial charge in [-0.15, -0.1) is 0 Å². The molecule has 1 atom stereocenters. The lowest BCUT2D eigenvalue weighted by atomic mass is 10.1. The monoisotopic (exact) mass is 253 g/mol. The summed E-state index contributed by atoms with van der Waals surface area (Å²) < 4.78 is 13.0. The van der Waals surface area contributed by atoms with Crippen molar-refractivity contribution in [3.63, 3.8) is 0 Å². The highest BCUT2D eigenvalue weighted by atomic mass is 35.5. The van der Waals surface area contributed by atoms with Gasteiger partial charge in [0.1, 0.15) is 5.82 Å². The van der Waals surface area contributed by atoms with Crippen molar-refractivity contribution in [3.05, 3.63) is 52.6 Å². The first-order valence-electron chi connectivity index (χ1n) is 5.33. The maximum Gasteiger partial charge on any atom is 0.141 e. The number of aromatic nitrogens is 2. The minimum atomic E-state index is -0.392. The molecule has 0 saturated carbocycles. The van der Waals surface area contributed by atoms with Crippen molar-refractivity contribution < 1.29 is 4.39 Å². The normalized spacial score (nSPS) is 12.6. The van der Waals surface area contributed by atoms with Crippen molar-refractivity contribution in [2.45, 2.75) is 19.5 Å². The summed E-state index contributed by atoms with van der Waals surface area (Å²) in [5, 5.41) is 10.2. The van der Waals surface area contributed by atoms with Gasteiger partial charge in [-0.25, -0.2) is 4.39 Å². The van der Waals surface area contributed by atoms with Gasteiger partial charge in [0.15, 0.2) is 0 Å². The molecular weight excluding hydrogens is 241 g/mol. The number of aromatic amines is 1. The SMILES string of the molecule is CC(NCc1ccn[nH]1)c1ccc(F)c(Cl)c1. The van der Waals surface area contributed by atoms with Crippen LogP contribution in [-0.2, 0) is 6.54 Å². The minimum Gasteiger partial charge on any atom is -0.305 e. The third kappa shape index (κ3) is 3.05. The van der Waals surface area contributed by atoms with E-state index in [0.717, 1.165) is 11.3 Å². The van der Waals surface area contributed by atoms with Gasteiger partial charge in [0.05, 0.1) is 5.02 Å². The Balaban J connectivity index is 1.99. The van der Waals surface area contributed by atoms with Crippen molar-refractivity contribution in [1.82, 2.24) is 15.5 Å². The van der Waals surface area contributed by atoms with Gasteiger partial charge in [-0.2, -0.15) is 5.10 Å². The molecule has 0 aliphatic carbocycles. The molecule has 17 heavy (non-hydrogen) atoms. The summed E-state index contributed by atoms with van der Waals surface area (Å²) >= 11 is 5.74. The summed E-state index contributed by atoms with van der Waals surface area (Å²) in [5.74, 6) is -0.392. The van der Waals surface area contributed by atoms with Crippen LogP contribution in [0.1, 0.15) is 24.2 Å². The molecule has 3 nitrogen and oxygen atoms in total. The Kier molecular flexibility index (Phi) is 3.76. The van der Waals surface area contributed by atoms with Crippen LogP contribution < -0.4 is 5.32 Å². The number of nitrogens with one attached hydrogen (secondary N) is 2. The molecule has 0 saturated heterocycles. The van der Waals surface area contributed by atoms with Gasteiger partial charge < -0.3 is 5.32 Å². The molecule has 1 aromatic heterocycles. The van der Waals surface area contributed by atoms with E-state index in [1.54, 1.807) is 18.3 Å². The summed E-state index contributed by atoms with van der Waals surface area (Å²) in [4.78, 5) is 0. The molecule has 0 spiro atoms. The van der Waals surface area contributed by atoms with E-state index in [9.17, 15) is 4.39 Å². The maximum atomic E-state index is 13.0. The molecule has 90 valence electrons. The summed E-state index contributed by atoms with van der Waals surface area (Å²) in [6, 6.07) is 6.74. The number of halogens is 2. The molecule has 2 aromatic rings. The zero-order valence-corrected chi connectivity index (χ0v) is 10.1. The van der Waals surface area contributed by atoms with Crippen molar-refractivity contribution in [2.75, 3.05) is 0 Å². The highest BCUT2D eigenvalue weighted by molar-refractivity contribution is 6.30. The highest BCUT2D eigenvalue weighted by Gasteiger charge is 2.08. The van der Waals surface area contributed by atoms with Gasteiger partial charge in [0, 0.05) is 24.5 Å². The van der Waals surface area contributed by atoms with Gasteiger partial charge in [0.25, 0.3) is 0 Å². The second-order valence-corrected chi connectivity index (χ2v) is 4.27. The number of hydrogen-bond donors (Lipinski definition) is 2. The van der Waals surface area contributed by atoms with Gasteiger partial charge in [0.2, 0.25) is 0 Å². The molecule has 1 aromatic carbocycles. The lowest BCUT2D eigenvalue weighted by Gasteiger charge is -2.14. The summed E-state index contributed by atoms with van der Waals surface area (Å²) in [7, 11) is 0. The van der Waals surface area contributed by atoms with E-state index >= 15 is 0 Å². The second kappa shape index (κ2) is 5.29. The molecule has 2 N–H and O–H groups in total. The van der Waals surface area contributed by atoms with E-state index < -0.39 is 5.82 Å². The topological polar surface area (TPSA) is 40.7 Å². The zero-order valence-electron chi connectivity index (χ0n) is 9.37. The third-order valence-electron chi connectivity index (χ3n) is 2.60. The van der Waals surface area contributed by atoms with Gasteiger partial charge in [-0.05, 0) is 30.7 Å². The number of nitrogens with zero attached hydrogens (tertiary/aromatic N) is 1. The molecule has 0 fully saturated rings. The standard InChI is InChI=1S/C12H13ClFN3/c1-8(15-7-10-4-5-16-17-10)9-2-3-12(14)11(13)6-9/h2-6,8,15H,7H2,1H3,(H,16,17). The molecule has 0 radical (unpaired) electrons. The average molecular weight is 254 g/mol. The van der Waals surface area contributed by atoms with E-state index in [1.807, 2.05) is 13.0 Å². The van der Waals surface area contributed by atoms with E-state index in [0.29, 0.717) is 6.54 Å². The fraction of sp³-hybridized carbons (Fsp3) is 0.250. The molecule has 0 amide bonds. The van der Waals surface area contributed by atoms with Crippen LogP contribution >= 0.6 is 11.6 Å². The molecular formula is C12H13ClFN3. The Morgan fingerprint density at radius 3 is 2.94 bits per heavy atom. The lowest BCUT2D eigenvalue weighted by Crippen LogP contribution is -2.18. The average Bonchev–Trinajstić information content (AvgIpc) is 2.82. The Morgan fingerprint density at radius 1 is 1.47 bits per heavy atom. The number of benzene rings is 1. The zero-order chi connectivity index (χ0) is 12.3. The van der Waals surface area contributed by atoms with Gasteiger partial charge >= 0.3 is 0 Å². The Morgan fingerprint density at radius 2 is 2.29 bits per heavy atom. The van der Waals surface area contributed by atoms with Gasteiger partial charge in [-0.3, -0.25) is 5.10 Å². The minimum absolute atomic E-state index is 0.0939. The van der Waals surface area contributed by atoms with E-state index in [-0.39, 0.29) is 11.1 Å². The number of H-pyrrole nitrogens is 1. The summed E-state index contributed by atoms with van der Waals surface area (Å²) in [6.07, 6.45) is 1.70. The smallest absolute Gasteiger partial charge is 0.141 e. The van der Waals surface area contributed by atoms with Crippen LogP contribution in [0.25, 0.3) is 0 Å². The van der Waals surface area contributed by atoms with Crippen molar-refractivity contribution in [1.29, 1.82) is 0 Å². The van der Waals surface area contributed by atoms with E-state index in [1.165, 1.54) is 6.07 Å².